The van der Waals surface area contributed by atoms with Gasteiger partial charge in [-0.2, -0.15) is 0 Å². The summed E-state index contributed by atoms with van der Waals surface area (Å²) in [6.07, 6.45) is 4.03. The Balaban J connectivity index is 1.98. The number of fused-ring (bicyclic) bond motifs is 1. The normalized spacial score (nSPS) is 21.1. The van der Waals surface area contributed by atoms with Gasteiger partial charge in [0.2, 0.25) is 5.91 Å². The van der Waals surface area contributed by atoms with Crippen molar-refractivity contribution in [2.75, 3.05) is 17.2 Å². The van der Waals surface area contributed by atoms with E-state index in [0.717, 1.165) is 31.4 Å². The van der Waals surface area contributed by atoms with Crippen molar-refractivity contribution < 1.29 is 9.18 Å². The highest BCUT2D eigenvalue weighted by atomic mass is 19.1. The van der Waals surface area contributed by atoms with Crippen LogP contribution in [0.4, 0.5) is 15.8 Å². The minimum Gasteiger partial charge on any atom is -0.382 e. The monoisotopic (exact) mass is 248 g/mol. The van der Waals surface area contributed by atoms with Crippen molar-refractivity contribution in [2.24, 2.45) is 5.41 Å². The Kier molecular flexibility index (Phi) is 2.54. The number of nitrogens with one attached hydrogen (secondary N) is 2. The van der Waals surface area contributed by atoms with Crippen LogP contribution in [0.1, 0.15) is 31.2 Å². The highest BCUT2D eigenvalue weighted by Crippen LogP contribution is 2.42. The van der Waals surface area contributed by atoms with Crippen LogP contribution in [0.2, 0.25) is 0 Å². The molecule has 0 aromatic heterocycles. The summed E-state index contributed by atoms with van der Waals surface area (Å²) in [4.78, 5) is 12.3. The number of hydrogen-bond acceptors (Lipinski definition) is 2. The maximum atomic E-state index is 13.6. The van der Waals surface area contributed by atoms with Gasteiger partial charge in [-0.05, 0) is 37.5 Å². The SMILES string of the molecule is Cc1cc2c(cc1F)NC(=O)C1(CCCC1)CN2. The third-order valence-corrected chi connectivity index (χ3v) is 4.21. The molecule has 2 N–H and O–H groups in total. The Morgan fingerprint density at radius 1 is 1.22 bits per heavy atom. The number of hydrogen-bond donors (Lipinski definition) is 2. The molecule has 1 aromatic carbocycles. The predicted molar refractivity (Wildman–Crippen MR) is 69.2 cm³/mol. The predicted octanol–water partition coefficient (Wildman–Crippen LogP) is 3.06. The van der Waals surface area contributed by atoms with E-state index in [1.165, 1.54) is 6.07 Å². The number of anilines is 2. The molecule has 1 heterocycles. The van der Waals surface area contributed by atoms with Gasteiger partial charge in [-0.3, -0.25) is 4.79 Å². The number of benzene rings is 1. The van der Waals surface area contributed by atoms with E-state index >= 15 is 0 Å². The average molecular weight is 248 g/mol. The number of carbonyl (C=O) groups excluding carboxylic acids is 1. The molecule has 0 unspecified atom stereocenters. The van der Waals surface area contributed by atoms with E-state index in [9.17, 15) is 9.18 Å². The fourth-order valence-corrected chi connectivity index (χ4v) is 2.99. The van der Waals surface area contributed by atoms with Crippen LogP contribution in [0.15, 0.2) is 12.1 Å². The summed E-state index contributed by atoms with van der Waals surface area (Å²) in [5, 5.41) is 6.19. The van der Waals surface area contributed by atoms with E-state index in [4.69, 9.17) is 0 Å². The zero-order chi connectivity index (χ0) is 12.8. The lowest BCUT2D eigenvalue weighted by Crippen LogP contribution is -2.37. The molecular formula is C14H17FN2O. The summed E-state index contributed by atoms with van der Waals surface area (Å²) in [5.41, 5.74) is 1.68. The lowest BCUT2D eigenvalue weighted by atomic mass is 9.85. The Morgan fingerprint density at radius 3 is 2.67 bits per heavy atom. The second-order valence-electron chi connectivity index (χ2n) is 5.44. The van der Waals surface area contributed by atoms with Crippen LogP contribution in [-0.2, 0) is 4.79 Å². The molecule has 1 fully saturated rings. The fraction of sp³-hybridized carbons (Fsp3) is 0.500. The number of aryl methyl sites for hydroxylation is 1. The highest BCUT2D eigenvalue weighted by molar-refractivity contribution is 6.00. The van der Waals surface area contributed by atoms with Crippen LogP contribution < -0.4 is 10.6 Å². The van der Waals surface area contributed by atoms with Crippen LogP contribution in [0, 0.1) is 18.2 Å². The maximum absolute atomic E-state index is 13.6. The maximum Gasteiger partial charge on any atom is 0.232 e. The topological polar surface area (TPSA) is 41.1 Å². The van der Waals surface area contributed by atoms with Gasteiger partial charge >= 0.3 is 0 Å². The summed E-state index contributed by atoms with van der Waals surface area (Å²) in [6, 6.07) is 3.17. The summed E-state index contributed by atoms with van der Waals surface area (Å²) in [7, 11) is 0. The first-order valence-electron chi connectivity index (χ1n) is 6.46. The van der Waals surface area contributed by atoms with Gasteiger partial charge in [0.1, 0.15) is 5.82 Å². The molecule has 0 atom stereocenters. The Hall–Kier alpha value is -1.58. The fourth-order valence-electron chi connectivity index (χ4n) is 2.99. The molecule has 1 aromatic rings. The van der Waals surface area contributed by atoms with Crippen LogP contribution in [0.3, 0.4) is 0 Å². The summed E-state index contributed by atoms with van der Waals surface area (Å²) >= 11 is 0. The number of carbonyl (C=O) groups is 1. The molecule has 18 heavy (non-hydrogen) atoms. The molecule has 0 bridgehead atoms. The Labute approximate surface area is 106 Å². The van der Waals surface area contributed by atoms with Crippen molar-refractivity contribution >= 4 is 17.3 Å². The summed E-state index contributed by atoms with van der Waals surface area (Å²) < 4.78 is 13.6. The van der Waals surface area contributed by atoms with Crippen LogP contribution in [-0.4, -0.2) is 12.5 Å². The Bertz CT molecular complexity index is 507. The van der Waals surface area contributed by atoms with Gasteiger partial charge in [0.05, 0.1) is 16.8 Å². The molecule has 4 heteroatoms. The smallest absolute Gasteiger partial charge is 0.232 e. The Morgan fingerprint density at radius 2 is 1.94 bits per heavy atom. The number of amides is 1. The van der Waals surface area contributed by atoms with Gasteiger partial charge in [-0.25, -0.2) is 4.39 Å². The standard InChI is InChI=1S/C14H17FN2O/c1-9-6-11-12(7-10(9)15)17-13(18)14(8-16-11)4-2-3-5-14/h6-7,16H,2-5,8H2,1H3,(H,17,18). The van der Waals surface area contributed by atoms with Crippen LogP contribution in [0.5, 0.6) is 0 Å². The van der Waals surface area contributed by atoms with Crippen molar-refractivity contribution in [3.8, 4) is 0 Å². The molecule has 1 aliphatic heterocycles. The van der Waals surface area contributed by atoms with Crippen molar-refractivity contribution in [1.29, 1.82) is 0 Å². The van der Waals surface area contributed by atoms with E-state index in [-0.39, 0.29) is 17.1 Å². The van der Waals surface area contributed by atoms with Gasteiger partial charge in [-0.1, -0.05) is 12.8 Å². The van der Waals surface area contributed by atoms with Gasteiger partial charge in [-0.15, -0.1) is 0 Å². The van der Waals surface area contributed by atoms with E-state index < -0.39 is 0 Å². The molecule has 2 aliphatic rings. The third kappa shape index (κ3) is 1.67. The number of halogens is 1. The third-order valence-electron chi connectivity index (χ3n) is 4.21. The lowest BCUT2D eigenvalue weighted by Gasteiger charge is -2.24. The van der Waals surface area contributed by atoms with Crippen molar-refractivity contribution in [3.05, 3.63) is 23.5 Å². The second-order valence-corrected chi connectivity index (χ2v) is 5.44. The molecular weight excluding hydrogens is 231 g/mol. The average Bonchev–Trinajstić information content (AvgIpc) is 2.77. The molecule has 1 aliphatic carbocycles. The van der Waals surface area contributed by atoms with Crippen molar-refractivity contribution in [2.45, 2.75) is 32.6 Å². The summed E-state index contributed by atoms with van der Waals surface area (Å²) in [5.74, 6) is -0.243. The minimum atomic E-state index is -0.302. The van der Waals surface area contributed by atoms with E-state index in [1.807, 2.05) is 0 Å². The van der Waals surface area contributed by atoms with E-state index in [2.05, 4.69) is 10.6 Å². The molecule has 1 saturated carbocycles. The summed E-state index contributed by atoms with van der Waals surface area (Å²) in [6.45, 7) is 2.38. The first-order valence-corrected chi connectivity index (χ1v) is 6.46. The first-order chi connectivity index (χ1) is 8.61. The van der Waals surface area contributed by atoms with Gasteiger partial charge in [0.15, 0.2) is 0 Å². The molecule has 96 valence electrons. The molecule has 1 amide bonds. The van der Waals surface area contributed by atoms with Gasteiger partial charge in [0.25, 0.3) is 0 Å². The molecule has 0 saturated heterocycles. The minimum absolute atomic E-state index is 0.0366. The highest BCUT2D eigenvalue weighted by Gasteiger charge is 2.42. The van der Waals surface area contributed by atoms with Crippen LogP contribution >= 0.6 is 0 Å². The molecule has 1 spiro atoms. The second kappa shape index (κ2) is 3.97. The lowest BCUT2D eigenvalue weighted by molar-refractivity contribution is -0.124. The number of rotatable bonds is 0. The van der Waals surface area contributed by atoms with Crippen molar-refractivity contribution in [1.82, 2.24) is 0 Å². The van der Waals surface area contributed by atoms with Gasteiger partial charge < -0.3 is 10.6 Å². The van der Waals surface area contributed by atoms with Gasteiger partial charge in [0, 0.05) is 6.54 Å². The van der Waals surface area contributed by atoms with E-state index in [1.54, 1.807) is 13.0 Å². The van der Waals surface area contributed by atoms with E-state index in [0.29, 0.717) is 17.8 Å². The first kappa shape index (κ1) is 11.5. The molecule has 3 nitrogen and oxygen atoms in total. The zero-order valence-electron chi connectivity index (χ0n) is 10.5. The van der Waals surface area contributed by atoms with Crippen molar-refractivity contribution in [3.63, 3.8) is 0 Å². The zero-order valence-corrected chi connectivity index (χ0v) is 10.5. The van der Waals surface area contributed by atoms with Crippen LogP contribution in [0.25, 0.3) is 0 Å². The molecule has 3 rings (SSSR count). The molecule has 0 radical (unpaired) electrons. The quantitative estimate of drug-likeness (QED) is 0.741. The largest absolute Gasteiger partial charge is 0.382 e.